The van der Waals surface area contributed by atoms with E-state index < -0.39 is 23.7 Å². The van der Waals surface area contributed by atoms with E-state index in [-0.39, 0.29) is 24.3 Å². The molecule has 35 heavy (non-hydrogen) atoms. The summed E-state index contributed by atoms with van der Waals surface area (Å²) in [6.07, 6.45) is 5.18. The Morgan fingerprint density at radius 3 is 2.46 bits per heavy atom. The molecule has 1 aromatic heterocycles. The average Bonchev–Trinajstić information content (AvgIpc) is 3.56. The van der Waals surface area contributed by atoms with E-state index in [1.165, 1.54) is 41.5 Å². The van der Waals surface area contributed by atoms with Gasteiger partial charge < -0.3 is 15.1 Å². The number of amides is 3. The van der Waals surface area contributed by atoms with E-state index in [1.54, 1.807) is 24.3 Å². The number of nitrogens with one attached hydrogen (secondary N) is 2. The molecular weight excluding hydrogens is 449 g/mol. The lowest BCUT2D eigenvalue weighted by Crippen LogP contribution is -2.49. The van der Waals surface area contributed by atoms with Gasteiger partial charge in [-0.1, -0.05) is 37.1 Å². The van der Waals surface area contributed by atoms with Crippen molar-refractivity contribution in [2.45, 2.75) is 44.7 Å². The van der Waals surface area contributed by atoms with Crippen LogP contribution in [0.15, 0.2) is 71.3 Å². The smallest absolute Gasteiger partial charge is 0.287 e. The van der Waals surface area contributed by atoms with Gasteiger partial charge in [0.2, 0.25) is 11.8 Å². The molecule has 1 saturated carbocycles. The Hall–Kier alpha value is -3.94. The maximum atomic E-state index is 13.7. The van der Waals surface area contributed by atoms with Crippen LogP contribution >= 0.6 is 0 Å². The number of carbonyl (C=O) groups excluding carboxylic acids is 3. The number of anilines is 1. The number of halogens is 1. The van der Waals surface area contributed by atoms with E-state index in [9.17, 15) is 18.8 Å². The van der Waals surface area contributed by atoms with Crippen molar-refractivity contribution >= 4 is 23.4 Å². The first-order valence-electron chi connectivity index (χ1n) is 11.7. The molecule has 0 spiro atoms. The fraction of sp³-hybridized carbons (Fsp3) is 0.296. The third kappa shape index (κ3) is 5.95. The summed E-state index contributed by atoms with van der Waals surface area (Å²) in [5.41, 5.74) is 1.86. The first kappa shape index (κ1) is 24.2. The summed E-state index contributed by atoms with van der Waals surface area (Å²) in [7, 11) is 0. The minimum absolute atomic E-state index is 0.0264. The molecule has 0 radical (unpaired) electrons. The van der Waals surface area contributed by atoms with Gasteiger partial charge >= 0.3 is 0 Å². The molecule has 1 heterocycles. The SMILES string of the molecule is Cc1cccc(N(C(=O)CNC(=O)c2ccco2)C(C(=O)NC2CCCC2)c2ccc(F)cc2)c1. The highest BCUT2D eigenvalue weighted by molar-refractivity contribution is 6.04. The van der Waals surface area contributed by atoms with Gasteiger partial charge in [-0.05, 0) is 67.3 Å². The maximum absolute atomic E-state index is 13.7. The molecule has 3 aromatic rings. The minimum atomic E-state index is -1.05. The third-order valence-corrected chi connectivity index (χ3v) is 6.09. The summed E-state index contributed by atoms with van der Waals surface area (Å²) in [6, 6.07) is 14.8. The molecule has 182 valence electrons. The highest BCUT2D eigenvalue weighted by Crippen LogP contribution is 2.30. The number of furan rings is 1. The van der Waals surface area contributed by atoms with E-state index in [0.29, 0.717) is 11.3 Å². The van der Waals surface area contributed by atoms with Crippen molar-refractivity contribution in [2.24, 2.45) is 0 Å². The molecule has 2 aromatic carbocycles. The summed E-state index contributed by atoms with van der Waals surface area (Å²) in [4.78, 5) is 40.9. The van der Waals surface area contributed by atoms with Gasteiger partial charge in [0.15, 0.2) is 5.76 Å². The molecule has 1 fully saturated rings. The fourth-order valence-corrected chi connectivity index (χ4v) is 4.36. The van der Waals surface area contributed by atoms with E-state index in [0.717, 1.165) is 31.2 Å². The number of aryl methyl sites for hydroxylation is 1. The van der Waals surface area contributed by atoms with Gasteiger partial charge in [-0.25, -0.2) is 4.39 Å². The van der Waals surface area contributed by atoms with Gasteiger partial charge in [-0.2, -0.15) is 0 Å². The van der Waals surface area contributed by atoms with Crippen molar-refractivity contribution in [1.82, 2.24) is 10.6 Å². The molecule has 0 saturated heterocycles. The van der Waals surface area contributed by atoms with Crippen molar-refractivity contribution in [3.8, 4) is 0 Å². The molecule has 2 N–H and O–H groups in total. The maximum Gasteiger partial charge on any atom is 0.287 e. The van der Waals surface area contributed by atoms with Gasteiger partial charge in [-0.15, -0.1) is 0 Å². The Kier molecular flexibility index (Phi) is 7.60. The van der Waals surface area contributed by atoms with Gasteiger partial charge in [-0.3, -0.25) is 19.3 Å². The van der Waals surface area contributed by atoms with Crippen LogP contribution in [0, 0.1) is 12.7 Å². The Labute approximate surface area is 203 Å². The second kappa shape index (κ2) is 11.0. The fourth-order valence-electron chi connectivity index (χ4n) is 4.36. The van der Waals surface area contributed by atoms with Crippen molar-refractivity contribution < 1.29 is 23.2 Å². The second-order valence-electron chi connectivity index (χ2n) is 8.71. The average molecular weight is 478 g/mol. The van der Waals surface area contributed by atoms with E-state index in [4.69, 9.17) is 4.42 Å². The summed E-state index contributed by atoms with van der Waals surface area (Å²) >= 11 is 0. The number of rotatable bonds is 8. The van der Waals surface area contributed by atoms with Gasteiger partial charge in [0, 0.05) is 11.7 Å². The molecule has 1 aliphatic rings. The summed E-state index contributed by atoms with van der Waals surface area (Å²) in [5, 5.41) is 5.63. The van der Waals surface area contributed by atoms with Crippen LogP contribution in [0.5, 0.6) is 0 Å². The number of hydrogen-bond acceptors (Lipinski definition) is 4. The number of hydrogen-bond donors (Lipinski definition) is 2. The van der Waals surface area contributed by atoms with Gasteiger partial charge in [0.25, 0.3) is 5.91 Å². The van der Waals surface area contributed by atoms with Crippen LogP contribution in [-0.4, -0.2) is 30.3 Å². The zero-order chi connectivity index (χ0) is 24.8. The first-order valence-corrected chi connectivity index (χ1v) is 11.7. The largest absolute Gasteiger partial charge is 0.459 e. The van der Waals surface area contributed by atoms with Crippen LogP contribution in [0.1, 0.15) is 53.4 Å². The van der Waals surface area contributed by atoms with Gasteiger partial charge in [0.05, 0.1) is 12.8 Å². The molecule has 4 rings (SSSR count). The highest BCUT2D eigenvalue weighted by Gasteiger charge is 2.34. The third-order valence-electron chi connectivity index (χ3n) is 6.09. The van der Waals surface area contributed by atoms with Crippen molar-refractivity contribution in [2.75, 3.05) is 11.4 Å². The quantitative estimate of drug-likeness (QED) is 0.506. The summed E-state index contributed by atoms with van der Waals surface area (Å²) in [5.74, 6) is -1.75. The lowest BCUT2D eigenvalue weighted by Gasteiger charge is -2.32. The van der Waals surface area contributed by atoms with Crippen molar-refractivity contribution in [3.05, 3.63) is 89.6 Å². The molecule has 0 bridgehead atoms. The standard InChI is InChI=1S/C27H28FN3O4/c1-18-6-4-9-22(16-18)31(24(32)17-29-26(33)23-10-5-15-35-23)25(19-11-13-20(28)14-12-19)27(34)30-21-7-2-3-8-21/h4-6,9-16,21,25H,2-3,7-8,17H2,1H3,(H,29,33)(H,30,34). The Balaban J connectivity index is 1.68. The topological polar surface area (TPSA) is 91.7 Å². The van der Waals surface area contributed by atoms with Crippen LogP contribution in [0.25, 0.3) is 0 Å². The first-order chi connectivity index (χ1) is 16.9. The molecule has 3 amide bonds. The molecule has 7 nitrogen and oxygen atoms in total. The van der Waals surface area contributed by atoms with Crippen molar-refractivity contribution in [3.63, 3.8) is 0 Å². The van der Waals surface area contributed by atoms with Crippen LogP contribution in [-0.2, 0) is 9.59 Å². The predicted octanol–water partition coefficient (Wildman–Crippen LogP) is 4.29. The number of benzene rings is 2. The molecular formula is C27H28FN3O4. The van der Waals surface area contributed by atoms with Crippen LogP contribution < -0.4 is 15.5 Å². The lowest BCUT2D eigenvalue weighted by atomic mass is 10.0. The van der Waals surface area contributed by atoms with Crippen molar-refractivity contribution in [1.29, 1.82) is 0 Å². The van der Waals surface area contributed by atoms with E-state index >= 15 is 0 Å². The minimum Gasteiger partial charge on any atom is -0.459 e. The summed E-state index contributed by atoms with van der Waals surface area (Å²) < 4.78 is 18.8. The molecule has 8 heteroatoms. The number of nitrogens with zero attached hydrogens (tertiary/aromatic N) is 1. The normalized spacial score (nSPS) is 14.3. The molecule has 1 aliphatic carbocycles. The zero-order valence-corrected chi connectivity index (χ0v) is 19.5. The lowest BCUT2D eigenvalue weighted by molar-refractivity contribution is -0.126. The van der Waals surface area contributed by atoms with Crippen LogP contribution in [0.4, 0.5) is 10.1 Å². The molecule has 1 unspecified atom stereocenters. The Bertz CT molecular complexity index is 1170. The Morgan fingerprint density at radius 1 is 1.06 bits per heavy atom. The molecule has 0 aliphatic heterocycles. The van der Waals surface area contributed by atoms with Crippen LogP contribution in [0.3, 0.4) is 0 Å². The second-order valence-corrected chi connectivity index (χ2v) is 8.71. The predicted molar refractivity (Wildman–Crippen MR) is 129 cm³/mol. The number of carbonyl (C=O) groups is 3. The van der Waals surface area contributed by atoms with E-state index in [1.807, 2.05) is 13.0 Å². The van der Waals surface area contributed by atoms with Gasteiger partial charge in [0.1, 0.15) is 11.9 Å². The van der Waals surface area contributed by atoms with E-state index in [2.05, 4.69) is 10.6 Å². The highest BCUT2D eigenvalue weighted by atomic mass is 19.1. The zero-order valence-electron chi connectivity index (χ0n) is 19.5. The summed E-state index contributed by atoms with van der Waals surface area (Å²) in [6.45, 7) is 1.53. The Morgan fingerprint density at radius 2 is 1.80 bits per heavy atom. The van der Waals surface area contributed by atoms with Crippen LogP contribution in [0.2, 0.25) is 0 Å². The molecule has 1 atom stereocenters. The monoisotopic (exact) mass is 477 g/mol.